The second-order valence-corrected chi connectivity index (χ2v) is 8.24. The van der Waals surface area contributed by atoms with Gasteiger partial charge in [-0.05, 0) is 19.0 Å². The first kappa shape index (κ1) is 19.0. The molecule has 8 heteroatoms. The van der Waals surface area contributed by atoms with E-state index in [1.807, 2.05) is 18.2 Å². The molecule has 1 aliphatic heterocycles. The van der Waals surface area contributed by atoms with Crippen LogP contribution in [0.15, 0.2) is 40.9 Å². The van der Waals surface area contributed by atoms with Crippen LogP contribution in [0.1, 0.15) is 30.0 Å². The third kappa shape index (κ3) is 4.70. The number of rotatable bonds is 7. The molecule has 2 unspecified atom stereocenters. The molecule has 1 aliphatic rings. The van der Waals surface area contributed by atoms with E-state index in [4.69, 9.17) is 9.26 Å². The average molecular weight is 379 g/mol. The van der Waals surface area contributed by atoms with Crippen LogP contribution in [0, 0.1) is 6.92 Å². The van der Waals surface area contributed by atoms with E-state index in [-0.39, 0.29) is 24.4 Å². The number of hydrogen-bond donors (Lipinski definition) is 1. The van der Waals surface area contributed by atoms with E-state index in [0.717, 1.165) is 18.7 Å². The zero-order valence-electron chi connectivity index (χ0n) is 15.1. The molecule has 0 radical (unpaired) electrons. The van der Waals surface area contributed by atoms with Crippen molar-refractivity contribution in [3.63, 3.8) is 0 Å². The van der Waals surface area contributed by atoms with Gasteiger partial charge in [0.1, 0.15) is 5.75 Å². The van der Waals surface area contributed by atoms with Gasteiger partial charge in [0.05, 0.1) is 24.4 Å². The molecule has 1 aromatic heterocycles. The molecule has 26 heavy (non-hydrogen) atoms. The van der Waals surface area contributed by atoms with E-state index in [1.165, 1.54) is 0 Å². The van der Waals surface area contributed by atoms with Crippen molar-refractivity contribution in [3.8, 4) is 0 Å². The Hall–Kier alpha value is -1.74. The maximum atomic E-state index is 12.4. The zero-order valence-corrected chi connectivity index (χ0v) is 15.9. The van der Waals surface area contributed by atoms with Gasteiger partial charge in [-0.3, -0.25) is 4.90 Å². The molecule has 3 rings (SSSR count). The molecule has 0 spiro atoms. The molecule has 2 heterocycles. The molecule has 2 aromatic rings. The van der Waals surface area contributed by atoms with Gasteiger partial charge in [-0.1, -0.05) is 42.4 Å². The molecular weight excluding hydrogens is 354 g/mol. The lowest BCUT2D eigenvalue weighted by Gasteiger charge is -2.41. The van der Waals surface area contributed by atoms with Crippen LogP contribution in [0.3, 0.4) is 0 Å². The number of nitrogens with zero attached hydrogens (tertiary/aromatic N) is 2. The van der Waals surface area contributed by atoms with E-state index in [9.17, 15) is 8.42 Å². The van der Waals surface area contributed by atoms with Gasteiger partial charge in [0.25, 0.3) is 0 Å². The Morgan fingerprint density at radius 3 is 2.73 bits per heavy atom. The average Bonchev–Trinajstić information content (AvgIpc) is 3.04. The summed E-state index contributed by atoms with van der Waals surface area (Å²) in [6.07, 6.45) is -0.252. The van der Waals surface area contributed by atoms with E-state index in [2.05, 4.69) is 33.8 Å². The Labute approximate surface area is 154 Å². The van der Waals surface area contributed by atoms with Crippen molar-refractivity contribution in [2.45, 2.75) is 31.7 Å². The number of nitrogens with one attached hydrogen (secondary N) is 1. The van der Waals surface area contributed by atoms with Gasteiger partial charge in [0.2, 0.25) is 10.0 Å². The minimum absolute atomic E-state index is 0.0187. The highest BCUT2D eigenvalue weighted by molar-refractivity contribution is 7.88. The summed E-state index contributed by atoms with van der Waals surface area (Å²) in [6.45, 7) is 6.37. The van der Waals surface area contributed by atoms with Gasteiger partial charge in [-0.15, -0.1) is 0 Å². The SMILES string of the molecule is CCN1CCOC(CNS(=O)(=O)Cc2cc(C)no2)C1c1ccccc1. The Balaban J connectivity index is 1.70. The Bertz CT molecular complexity index is 807. The fourth-order valence-electron chi connectivity index (χ4n) is 3.32. The van der Waals surface area contributed by atoms with E-state index < -0.39 is 10.0 Å². The van der Waals surface area contributed by atoms with Gasteiger partial charge < -0.3 is 9.26 Å². The highest BCUT2D eigenvalue weighted by Gasteiger charge is 2.33. The Kier molecular flexibility index (Phi) is 6.08. The predicted octanol–water partition coefficient (Wildman–Crippen LogP) is 1.86. The van der Waals surface area contributed by atoms with Gasteiger partial charge >= 0.3 is 0 Å². The quantitative estimate of drug-likeness (QED) is 0.790. The molecule has 0 aliphatic carbocycles. The molecule has 0 amide bonds. The van der Waals surface area contributed by atoms with Crippen LogP contribution in [0.4, 0.5) is 0 Å². The van der Waals surface area contributed by atoms with Crippen molar-refractivity contribution in [1.82, 2.24) is 14.8 Å². The first-order chi connectivity index (χ1) is 12.5. The maximum Gasteiger partial charge on any atom is 0.219 e. The van der Waals surface area contributed by atoms with Gasteiger partial charge in [-0.25, -0.2) is 13.1 Å². The number of morpholine rings is 1. The van der Waals surface area contributed by atoms with E-state index >= 15 is 0 Å². The first-order valence-corrected chi connectivity index (χ1v) is 10.4. The largest absolute Gasteiger partial charge is 0.374 e. The number of aromatic nitrogens is 1. The smallest absolute Gasteiger partial charge is 0.219 e. The number of aryl methyl sites for hydroxylation is 1. The highest BCUT2D eigenvalue weighted by Crippen LogP contribution is 2.29. The molecular formula is C18H25N3O4S. The van der Waals surface area contributed by atoms with Crippen LogP contribution in [0.2, 0.25) is 0 Å². The Morgan fingerprint density at radius 1 is 1.31 bits per heavy atom. The lowest BCUT2D eigenvalue weighted by atomic mass is 9.98. The van der Waals surface area contributed by atoms with Gasteiger partial charge in [-0.2, -0.15) is 0 Å². The van der Waals surface area contributed by atoms with Crippen molar-refractivity contribution in [2.24, 2.45) is 0 Å². The van der Waals surface area contributed by atoms with Crippen molar-refractivity contribution in [3.05, 3.63) is 53.4 Å². The van der Waals surface area contributed by atoms with Crippen LogP contribution >= 0.6 is 0 Å². The van der Waals surface area contributed by atoms with E-state index in [0.29, 0.717) is 18.1 Å². The van der Waals surface area contributed by atoms with Crippen LogP contribution in [-0.4, -0.2) is 50.8 Å². The maximum absolute atomic E-state index is 12.4. The minimum Gasteiger partial charge on any atom is -0.374 e. The monoisotopic (exact) mass is 379 g/mol. The highest BCUT2D eigenvalue weighted by atomic mass is 32.2. The number of sulfonamides is 1. The molecule has 7 nitrogen and oxygen atoms in total. The summed E-state index contributed by atoms with van der Waals surface area (Å²) >= 11 is 0. The van der Waals surface area contributed by atoms with Crippen molar-refractivity contribution in [1.29, 1.82) is 0 Å². The van der Waals surface area contributed by atoms with E-state index in [1.54, 1.807) is 13.0 Å². The number of benzene rings is 1. The lowest BCUT2D eigenvalue weighted by Crippen LogP contribution is -2.49. The fourth-order valence-corrected chi connectivity index (χ4v) is 4.35. The lowest BCUT2D eigenvalue weighted by molar-refractivity contribution is -0.0673. The summed E-state index contributed by atoms with van der Waals surface area (Å²) in [6, 6.07) is 11.7. The molecule has 1 saturated heterocycles. The fraction of sp³-hybridized carbons (Fsp3) is 0.500. The van der Waals surface area contributed by atoms with Crippen LogP contribution < -0.4 is 4.72 Å². The Morgan fingerprint density at radius 2 is 2.08 bits per heavy atom. The summed E-state index contributed by atoms with van der Waals surface area (Å²) in [5, 5.41) is 3.72. The topological polar surface area (TPSA) is 84.7 Å². The van der Waals surface area contributed by atoms with Crippen LogP contribution in [0.5, 0.6) is 0 Å². The molecule has 2 atom stereocenters. The molecule has 1 aromatic carbocycles. The second kappa shape index (κ2) is 8.30. The normalized spacial score (nSPS) is 21.8. The standard InChI is InChI=1S/C18H25N3O4S/c1-3-21-9-10-24-17(18(21)15-7-5-4-6-8-15)12-19-26(22,23)13-16-11-14(2)20-25-16/h4-8,11,17-19H,3,9-10,12-13H2,1-2H3. The molecule has 0 bridgehead atoms. The van der Waals surface area contributed by atoms with Gasteiger partial charge in [0.15, 0.2) is 5.76 Å². The molecule has 1 fully saturated rings. The molecule has 142 valence electrons. The number of hydrogen-bond acceptors (Lipinski definition) is 6. The third-order valence-corrected chi connectivity index (χ3v) is 5.79. The van der Waals surface area contributed by atoms with Crippen molar-refractivity contribution in [2.75, 3.05) is 26.2 Å². The summed E-state index contributed by atoms with van der Waals surface area (Å²) < 4.78 is 38.4. The summed E-state index contributed by atoms with van der Waals surface area (Å²) in [4.78, 5) is 2.32. The second-order valence-electron chi connectivity index (χ2n) is 6.44. The summed E-state index contributed by atoms with van der Waals surface area (Å²) in [5.41, 5.74) is 1.79. The number of likely N-dealkylation sites (N-methyl/N-ethyl adjacent to an activating group) is 1. The van der Waals surface area contributed by atoms with Gasteiger partial charge in [0, 0.05) is 19.2 Å². The van der Waals surface area contributed by atoms with Crippen LogP contribution in [-0.2, 0) is 20.5 Å². The summed E-state index contributed by atoms with van der Waals surface area (Å²) in [7, 11) is -3.53. The molecule has 0 saturated carbocycles. The van der Waals surface area contributed by atoms with Crippen molar-refractivity contribution < 1.29 is 17.7 Å². The zero-order chi connectivity index (χ0) is 18.6. The van der Waals surface area contributed by atoms with Crippen LogP contribution in [0.25, 0.3) is 0 Å². The predicted molar refractivity (Wildman–Crippen MR) is 98.0 cm³/mol. The summed E-state index contributed by atoms with van der Waals surface area (Å²) in [5.74, 6) is 0.1000. The first-order valence-electron chi connectivity index (χ1n) is 8.78. The minimum atomic E-state index is -3.53. The third-order valence-electron chi connectivity index (χ3n) is 4.52. The molecule has 1 N–H and O–H groups in total. The van der Waals surface area contributed by atoms with Crippen molar-refractivity contribution >= 4 is 10.0 Å². The number of ether oxygens (including phenoxy) is 1.